The van der Waals surface area contributed by atoms with E-state index in [4.69, 9.17) is 0 Å². The van der Waals surface area contributed by atoms with Crippen molar-refractivity contribution in [3.8, 4) is 0 Å². The first kappa shape index (κ1) is 22.8. The monoisotopic (exact) mass is 445 g/mol. The second-order valence-electron chi connectivity index (χ2n) is 6.87. The molecule has 3 aromatic rings. The Labute approximate surface area is 188 Å². The Morgan fingerprint density at radius 3 is 2.33 bits per heavy atom. The van der Waals surface area contributed by atoms with E-state index in [0.717, 1.165) is 5.56 Å². The molecule has 166 valence electrons. The van der Waals surface area contributed by atoms with Gasteiger partial charge in [0.25, 0.3) is 11.6 Å². The minimum Gasteiger partial charge on any atom is -0.322 e. The van der Waals surface area contributed by atoms with Gasteiger partial charge >= 0.3 is 11.8 Å². The molecule has 3 N–H and O–H groups in total. The highest BCUT2D eigenvalue weighted by molar-refractivity contribution is 6.40. The zero-order valence-electron chi connectivity index (χ0n) is 17.4. The Morgan fingerprint density at radius 1 is 0.909 bits per heavy atom. The predicted molar refractivity (Wildman–Crippen MR) is 123 cm³/mol. The largest absolute Gasteiger partial charge is 0.329 e. The lowest BCUT2D eigenvalue weighted by atomic mass is 10.1. The van der Waals surface area contributed by atoms with Crippen LogP contribution in [0.1, 0.15) is 21.5 Å². The second kappa shape index (κ2) is 10.4. The zero-order valence-corrected chi connectivity index (χ0v) is 17.4. The van der Waals surface area contributed by atoms with E-state index in [0.29, 0.717) is 11.3 Å². The molecule has 0 atom stereocenters. The Hall–Kier alpha value is -4.86. The number of hydrazone groups is 1. The molecule has 33 heavy (non-hydrogen) atoms. The molecule has 0 aromatic heterocycles. The van der Waals surface area contributed by atoms with Gasteiger partial charge in [-0.3, -0.25) is 24.5 Å². The van der Waals surface area contributed by atoms with Gasteiger partial charge in [-0.05, 0) is 54.4 Å². The number of anilines is 2. The predicted octanol–water partition coefficient (Wildman–Crippen LogP) is 3.24. The summed E-state index contributed by atoms with van der Waals surface area (Å²) >= 11 is 0. The molecular formula is C23H19N5O5. The number of nitrogens with one attached hydrogen (secondary N) is 3. The summed E-state index contributed by atoms with van der Waals surface area (Å²) in [5, 5.41) is 19.5. The number of benzene rings is 3. The number of para-hydroxylation sites is 1. The molecule has 0 aliphatic rings. The average Bonchev–Trinajstić information content (AvgIpc) is 2.79. The third-order valence-electron chi connectivity index (χ3n) is 4.39. The van der Waals surface area contributed by atoms with Crippen LogP contribution in [0.2, 0.25) is 0 Å². The third kappa shape index (κ3) is 6.31. The lowest BCUT2D eigenvalue weighted by Crippen LogP contribution is -2.33. The number of hydrogen-bond acceptors (Lipinski definition) is 6. The summed E-state index contributed by atoms with van der Waals surface area (Å²) in [6.45, 7) is 1.90. The number of carbonyl (C=O) groups excluding carboxylic acids is 3. The molecule has 10 nitrogen and oxygen atoms in total. The zero-order chi connectivity index (χ0) is 23.8. The van der Waals surface area contributed by atoms with Gasteiger partial charge in [0.2, 0.25) is 0 Å². The summed E-state index contributed by atoms with van der Waals surface area (Å²) in [7, 11) is 0. The molecule has 0 bridgehead atoms. The number of non-ortho nitro benzene ring substituents is 1. The summed E-state index contributed by atoms with van der Waals surface area (Å²) < 4.78 is 0. The van der Waals surface area contributed by atoms with Crippen LogP contribution in [0.15, 0.2) is 77.9 Å². The van der Waals surface area contributed by atoms with Crippen LogP contribution in [0.5, 0.6) is 0 Å². The van der Waals surface area contributed by atoms with E-state index in [1.54, 1.807) is 30.3 Å². The molecule has 0 saturated heterocycles. The van der Waals surface area contributed by atoms with Crippen molar-refractivity contribution in [2.75, 3.05) is 10.6 Å². The topological polar surface area (TPSA) is 143 Å². The maximum atomic E-state index is 12.7. The number of rotatable bonds is 6. The molecule has 0 heterocycles. The molecule has 0 spiro atoms. The average molecular weight is 445 g/mol. The van der Waals surface area contributed by atoms with Crippen molar-refractivity contribution in [2.24, 2.45) is 5.10 Å². The maximum Gasteiger partial charge on any atom is 0.329 e. The molecule has 3 rings (SSSR count). The first-order valence-corrected chi connectivity index (χ1v) is 9.69. The van der Waals surface area contributed by atoms with Gasteiger partial charge in [-0.1, -0.05) is 24.3 Å². The number of nitro benzene ring substituents is 1. The van der Waals surface area contributed by atoms with Crippen LogP contribution in [0.3, 0.4) is 0 Å². The van der Waals surface area contributed by atoms with E-state index in [2.05, 4.69) is 21.2 Å². The Balaban J connectivity index is 1.62. The summed E-state index contributed by atoms with van der Waals surface area (Å²) in [5.74, 6) is -2.53. The molecule has 10 heteroatoms. The van der Waals surface area contributed by atoms with Crippen LogP contribution in [-0.4, -0.2) is 28.9 Å². The number of nitro groups is 1. The minimum absolute atomic E-state index is 0.0827. The minimum atomic E-state index is -1.05. The van der Waals surface area contributed by atoms with Crippen molar-refractivity contribution in [3.63, 3.8) is 0 Å². The highest BCUT2D eigenvalue weighted by Crippen LogP contribution is 2.18. The molecule has 3 aromatic carbocycles. The molecule has 0 fully saturated rings. The quantitative estimate of drug-likeness (QED) is 0.231. The number of aryl methyl sites for hydroxylation is 1. The van der Waals surface area contributed by atoms with Gasteiger partial charge in [-0.2, -0.15) is 5.10 Å². The van der Waals surface area contributed by atoms with Crippen molar-refractivity contribution < 1.29 is 19.3 Å². The molecule has 0 aliphatic carbocycles. The van der Waals surface area contributed by atoms with Crippen LogP contribution in [0, 0.1) is 17.0 Å². The third-order valence-corrected chi connectivity index (χ3v) is 4.39. The maximum absolute atomic E-state index is 12.7. The Morgan fingerprint density at radius 2 is 1.64 bits per heavy atom. The van der Waals surface area contributed by atoms with Crippen molar-refractivity contribution in [1.82, 2.24) is 5.43 Å². The first-order valence-electron chi connectivity index (χ1n) is 9.69. The standard InChI is InChI=1S/C23H19N5O5/c1-15-5-4-6-17(13-15)25-21(29)19-7-2-3-8-20(19)26-22(30)23(31)27-24-14-16-9-11-18(12-10-16)28(32)33/h2-14H,1H3,(H,25,29)(H,26,30)(H,27,31). The van der Waals surface area contributed by atoms with Crippen LogP contribution in [-0.2, 0) is 9.59 Å². The second-order valence-corrected chi connectivity index (χ2v) is 6.87. The van der Waals surface area contributed by atoms with E-state index in [-0.39, 0.29) is 16.9 Å². The fourth-order valence-corrected chi connectivity index (χ4v) is 2.79. The number of carbonyl (C=O) groups is 3. The molecule has 0 aliphatic heterocycles. The summed E-state index contributed by atoms with van der Waals surface area (Å²) in [6.07, 6.45) is 1.23. The Kier molecular flexibility index (Phi) is 7.22. The lowest BCUT2D eigenvalue weighted by Gasteiger charge is -2.11. The number of hydrogen-bond donors (Lipinski definition) is 3. The van der Waals surface area contributed by atoms with Crippen LogP contribution in [0.25, 0.3) is 0 Å². The van der Waals surface area contributed by atoms with Crippen LogP contribution in [0.4, 0.5) is 17.1 Å². The molecule has 0 radical (unpaired) electrons. The van der Waals surface area contributed by atoms with Gasteiger partial charge in [0, 0.05) is 17.8 Å². The molecule has 0 saturated carbocycles. The number of nitrogens with zero attached hydrogens (tertiary/aromatic N) is 2. The first-order chi connectivity index (χ1) is 15.8. The van der Waals surface area contributed by atoms with Gasteiger partial charge in [0.05, 0.1) is 22.4 Å². The van der Waals surface area contributed by atoms with Crippen molar-refractivity contribution in [1.29, 1.82) is 0 Å². The highest BCUT2D eigenvalue weighted by Gasteiger charge is 2.17. The van der Waals surface area contributed by atoms with Gasteiger partial charge in [0.1, 0.15) is 0 Å². The summed E-state index contributed by atoms with van der Waals surface area (Å²) in [6, 6.07) is 19.0. The van der Waals surface area contributed by atoms with Crippen molar-refractivity contribution in [2.45, 2.75) is 6.92 Å². The van der Waals surface area contributed by atoms with E-state index in [1.165, 1.54) is 42.6 Å². The van der Waals surface area contributed by atoms with E-state index >= 15 is 0 Å². The van der Waals surface area contributed by atoms with E-state index < -0.39 is 22.6 Å². The van der Waals surface area contributed by atoms with Gasteiger partial charge in [-0.25, -0.2) is 5.43 Å². The Bertz CT molecular complexity index is 1240. The molecule has 3 amide bonds. The van der Waals surface area contributed by atoms with Gasteiger partial charge in [-0.15, -0.1) is 0 Å². The highest BCUT2D eigenvalue weighted by atomic mass is 16.6. The molecule has 0 unspecified atom stereocenters. The number of amides is 3. The van der Waals surface area contributed by atoms with Crippen LogP contribution < -0.4 is 16.1 Å². The van der Waals surface area contributed by atoms with Gasteiger partial charge < -0.3 is 10.6 Å². The smallest absolute Gasteiger partial charge is 0.322 e. The van der Waals surface area contributed by atoms with Gasteiger partial charge in [0.15, 0.2) is 0 Å². The van der Waals surface area contributed by atoms with Crippen molar-refractivity contribution in [3.05, 3.63) is 99.6 Å². The van der Waals surface area contributed by atoms with Crippen molar-refractivity contribution >= 4 is 41.0 Å². The summed E-state index contributed by atoms with van der Waals surface area (Å²) in [5.41, 5.74) is 4.37. The normalized spacial score (nSPS) is 10.5. The fraction of sp³-hybridized carbons (Fsp3) is 0.0435. The fourth-order valence-electron chi connectivity index (χ4n) is 2.79. The summed E-state index contributed by atoms with van der Waals surface area (Å²) in [4.78, 5) is 47.1. The molecular weight excluding hydrogens is 426 g/mol. The van der Waals surface area contributed by atoms with Crippen LogP contribution >= 0.6 is 0 Å². The van der Waals surface area contributed by atoms with E-state index in [9.17, 15) is 24.5 Å². The lowest BCUT2D eigenvalue weighted by molar-refractivity contribution is -0.384. The SMILES string of the molecule is Cc1cccc(NC(=O)c2ccccc2NC(=O)C(=O)NN=Cc2ccc([N+](=O)[O-])cc2)c1. The van der Waals surface area contributed by atoms with E-state index in [1.807, 2.05) is 13.0 Å².